The highest BCUT2D eigenvalue weighted by atomic mass is 79.9. The molecule has 1 fully saturated rings. The van der Waals surface area contributed by atoms with Crippen LogP contribution in [-0.2, 0) is 0 Å². The lowest BCUT2D eigenvalue weighted by Gasteiger charge is -2.28. The van der Waals surface area contributed by atoms with Crippen LogP contribution in [0.4, 0.5) is 0 Å². The summed E-state index contributed by atoms with van der Waals surface area (Å²) in [4.78, 5) is 0. The summed E-state index contributed by atoms with van der Waals surface area (Å²) in [5.41, 5.74) is 6.36. The molecule has 2 rings (SSSR count). The molecule has 0 bridgehead atoms. The van der Waals surface area contributed by atoms with E-state index in [-0.39, 0.29) is 5.01 Å². The molecule has 1 aliphatic rings. The van der Waals surface area contributed by atoms with Crippen molar-refractivity contribution in [2.45, 2.75) is 49.6 Å². The average molecular weight is 342 g/mol. The molecule has 20 heavy (non-hydrogen) atoms. The minimum Gasteiger partial charge on any atom is -0.479 e. The molecule has 0 spiro atoms. The van der Waals surface area contributed by atoms with E-state index in [9.17, 15) is 5.11 Å². The first-order valence-electron chi connectivity index (χ1n) is 7.50. The predicted molar refractivity (Wildman–Crippen MR) is 85.0 cm³/mol. The molecule has 0 aliphatic heterocycles. The molecule has 3 nitrogen and oxygen atoms in total. The molecule has 3 N–H and O–H groups in total. The van der Waals surface area contributed by atoms with Gasteiger partial charge in [0, 0.05) is 11.5 Å². The van der Waals surface area contributed by atoms with Gasteiger partial charge in [-0.25, -0.2) is 0 Å². The fourth-order valence-electron chi connectivity index (χ4n) is 2.79. The molecule has 112 valence electrons. The molecule has 1 aromatic rings. The zero-order chi connectivity index (χ0) is 14.4. The van der Waals surface area contributed by atoms with Crippen LogP contribution in [-0.4, -0.2) is 16.7 Å². The van der Waals surface area contributed by atoms with Gasteiger partial charge in [0.1, 0.15) is 5.75 Å². The molecule has 1 aliphatic carbocycles. The number of hydrogen-bond donors (Lipinski definition) is 2. The monoisotopic (exact) mass is 341 g/mol. The van der Waals surface area contributed by atoms with Crippen LogP contribution >= 0.6 is 15.9 Å². The Morgan fingerprint density at radius 3 is 2.65 bits per heavy atom. The number of ether oxygens (including phenoxy) is 1. The van der Waals surface area contributed by atoms with Crippen LogP contribution in [0.2, 0.25) is 0 Å². The maximum Gasteiger partial charge on any atom is 0.156 e. The van der Waals surface area contributed by atoms with Crippen molar-refractivity contribution in [3.8, 4) is 5.75 Å². The average Bonchev–Trinajstić information content (AvgIpc) is 2.49. The molecule has 0 aromatic heterocycles. The normalized spacial score (nSPS) is 19.6. The number of hydrogen-bond acceptors (Lipinski definition) is 3. The summed E-state index contributed by atoms with van der Waals surface area (Å²) in [6, 6.07) is 7.70. The van der Waals surface area contributed by atoms with Gasteiger partial charge in [-0.1, -0.05) is 37.5 Å². The number of aliphatic hydroxyl groups excluding tert-OH is 1. The van der Waals surface area contributed by atoms with E-state index >= 15 is 0 Å². The van der Waals surface area contributed by atoms with Gasteiger partial charge in [-0.05, 0) is 47.8 Å². The van der Waals surface area contributed by atoms with Crippen molar-refractivity contribution < 1.29 is 9.84 Å². The maximum atomic E-state index is 10.1. The third kappa shape index (κ3) is 4.21. The summed E-state index contributed by atoms with van der Waals surface area (Å²) < 4.78 is 6.07. The second-order valence-corrected chi connectivity index (χ2v) is 6.40. The molecule has 0 amide bonds. The van der Waals surface area contributed by atoms with Gasteiger partial charge in [-0.15, -0.1) is 0 Å². The molecule has 1 aromatic carbocycles. The zero-order valence-electron chi connectivity index (χ0n) is 11.8. The first-order chi connectivity index (χ1) is 9.72. The van der Waals surface area contributed by atoms with E-state index in [1.165, 1.54) is 32.1 Å². The molecular weight excluding hydrogens is 318 g/mol. The van der Waals surface area contributed by atoms with Crippen molar-refractivity contribution in [2.24, 2.45) is 11.7 Å². The SMILES string of the molecule is NCCC(O)c1ccccc1OC(Br)C1CCCCC1. The summed E-state index contributed by atoms with van der Waals surface area (Å²) in [5, 5.41) is 10.2. The Kier molecular flexibility index (Phi) is 6.33. The van der Waals surface area contributed by atoms with Gasteiger partial charge in [0.2, 0.25) is 0 Å². The Balaban J connectivity index is 2.04. The van der Waals surface area contributed by atoms with Crippen molar-refractivity contribution in [1.29, 1.82) is 0 Å². The lowest BCUT2D eigenvalue weighted by atomic mass is 9.90. The van der Waals surface area contributed by atoms with E-state index in [0.717, 1.165) is 11.3 Å². The van der Waals surface area contributed by atoms with Crippen LogP contribution in [0.1, 0.15) is 50.2 Å². The van der Waals surface area contributed by atoms with Crippen LogP contribution < -0.4 is 10.5 Å². The van der Waals surface area contributed by atoms with Gasteiger partial charge in [-0.2, -0.15) is 0 Å². The van der Waals surface area contributed by atoms with Gasteiger partial charge in [0.25, 0.3) is 0 Å². The van der Waals surface area contributed by atoms with Crippen molar-refractivity contribution in [3.63, 3.8) is 0 Å². The minimum atomic E-state index is -0.553. The highest BCUT2D eigenvalue weighted by Gasteiger charge is 2.24. The van der Waals surface area contributed by atoms with E-state index in [2.05, 4.69) is 15.9 Å². The lowest BCUT2D eigenvalue weighted by Crippen LogP contribution is -2.23. The summed E-state index contributed by atoms with van der Waals surface area (Å²) in [5.74, 6) is 1.32. The van der Waals surface area contributed by atoms with Gasteiger partial charge < -0.3 is 15.6 Å². The first-order valence-corrected chi connectivity index (χ1v) is 8.41. The van der Waals surface area contributed by atoms with E-state index < -0.39 is 6.10 Å². The quantitative estimate of drug-likeness (QED) is 0.774. The minimum absolute atomic E-state index is 0.0222. The number of aliphatic hydroxyl groups is 1. The number of alkyl halides is 1. The predicted octanol–water partition coefficient (Wildman–Crippen LogP) is 3.75. The smallest absolute Gasteiger partial charge is 0.156 e. The molecule has 1 saturated carbocycles. The van der Waals surface area contributed by atoms with Crippen molar-refractivity contribution in [3.05, 3.63) is 29.8 Å². The highest BCUT2D eigenvalue weighted by Crippen LogP contribution is 2.34. The summed E-state index contributed by atoms with van der Waals surface area (Å²) in [6.45, 7) is 0.468. The van der Waals surface area contributed by atoms with Crippen LogP contribution in [0.3, 0.4) is 0 Å². The van der Waals surface area contributed by atoms with Crippen molar-refractivity contribution >= 4 is 15.9 Å². The Morgan fingerprint density at radius 2 is 1.95 bits per heavy atom. The Bertz CT molecular complexity index is 407. The maximum absolute atomic E-state index is 10.1. The number of benzene rings is 1. The van der Waals surface area contributed by atoms with Gasteiger partial charge >= 0.3 is 0 Å². The standard InChI is InChI=1S/C16H24BrNO2/c17-16(12-6-2-1-3-7-12)20-15-9-5-4-8-13(15)14(19)10-11-18/h4-5,8-9,12,14,16,19H,1-3,6-7,10-11,18H2. The molecule has 0 heterocycles. The Hall–Kier alpha value is -0.580. The summed E-state index contributed by atoms with van der Waals surface area (Å²) >= 11 is 3.67. The number of para-hydroxylation sites is 1. The topological polar surface area (TPSA) is 55.5 Å². The Labute approximate surface area is 129 Å². The molecule has 0 radical (unpaired) electrons. The number of rotatable bonds is 6. The van der Waals surface area contributed by atoms with Gasteiger partial charge in [0.05, 0.1) is 6.10 Å². The van der Waals surface area contributed by atoms with Crippen molar-refractivity contribution in [2.75, 3.05) is 6.54 Å². The first kappa shape index (κ1) is 15.8. The summed E-state index contributed by atoms with van der Waals surface area (Å²) in [7, 11) is 0. The second kappa shape index (κ2) is 8.01. The third-order valence-corrected chi connectivity index (χ3v) is 4.91. The molecule has 4 heteroatoms. The second-order valence-electron chi connectivity index (χ2n) is 5.50. The molecule has 0 saturated heterocycles. The fourth-order valence-corrected chi connectivity index (χ4v) is 3.52. The van der Waals surface area contributed by atoms with E-state index in [4.69, 9.17) is 10.5 Å². The fraction of sp³-hybridized carbons (Fsp3) is 0.625. The van der Waals surface area contributed by atoms with Crippen LogP contribution in [0.25, 0.3) is 0 Å². The van der Waals surface area contributed by atoms with Gasteiger partial charge in [0.15, 0.2) is 5.01 Å². The lowest BCUT2D eigenvalue weighted by molar-refractivity contribution is 0.151. The van der Waals surface area contributed by atoms with E-state index in [0.29, 0.717) is 18.9 Å². The van der Waals surface area contributed by atoms with Crippen LogP contribution in [0.15, 0.2) is 24.3 Å². The third-order valence-electron chi connectivity index (χ3n) is 3.98. The van der Waals surface area contributed by atoms with Gasteiger partial charge in [-0.3, -0.25) is 0 Å². The van der Waals surface area contributed by atoms with E-state index in [1.54, 1.807) is 0 Å². The zero-order valence-corrected chi connectivity index (χ0v) is 13.4. The van der Waals surface area contributed by atoms with E-state index in [1.807, 2.05) is 24.3 Å². The summed E-state index contributed by atoms with van der Waals surface area (Å²) in [6.07, 6.45) is 6.33. The Morgan fingerprint density at radius 1 is 1.25 bits per heavy atom. The van der Waals surface area contributed by atoms with Crippen LogP contribution in [0.5, 0.6) is 5.75 Å². The molecule has 2 atom stereocenters. The molecular formula is C16H24BrNO2. The van der Waals surface area contributed by atoms with Crippen LogP contribution in [0, 0.1) is 5.92 Å². The highest BCUT2D eigenvalue weighted by molar-refractivity contribution is 9.09. The number of halogens is 1. The molecule has 2 unspecified atom stereocenters. The largest absolute Gasteiger partial charge is 0.479 e. The number of nitrogens with two attached hydrogens (primary N) is 1. The van der Waals surface area contributed by atoms with Crippen molar-refractivity contribution in [1.82, 2.24) is 0 Å².